The molecule has 2 atom stereocenters. The molecule has 0 saturated carbocycles. The molecule has 0 rings (SSSR count). The molecule has 0 heterocycles. The van der Waals surface area contributed by atoms with E-state index < -0.39 is 26.5 Å². The minimum atomic E-state index is -4.39. The molecule has 0 aliphatic rings. The Morgan fingerprint density at radius 2 is 0.696 bits per heavy atom. The smallest absolute Gasteiger partial charge is 0.462 e. The van der Waals surface area contributed by atoms with E-state index in [-0.39, 0.29) is 38.6 Å². The lowest BCUT2D eigenvalue weighted by Gasteiger charge is -2.19. The van der Waals surface area contributed by atoms with Gasteiger partial charge in [0, 0.05) is 19.4 Å². The van der Waals surface area contributed by atoms with Crippen LogP contribution in [0.15, 0.2) is 72.9 Å². The summed E-state index contributed by atoms with van der Waals surface area (Å²) < 4.78 is 33.1. The molecule has 79 heavy (non-hydrogen) atoms. The summed E-state index contributed by atoms with van der Waals surface area (Å²) in [5, 5.41) is 0. The predicted molar refractivity (Wildman–Crippen MR) is 339 cm³/mol. The molecule has 9 nitrogen and oxygen atoms in total. The summed E-state index contributed by atoms with van der Waals surface area (Å²) in [6, 6.07) is 0. The van der Waals surface area contributed by atoms with Gasteiger partial charge >= 0.3 is 19.8 Å². The summed E-state index contributed by atoms with van der Waals surface area (Å²) in [6.45, 7) is 3.68. The van der Waals surface area contributed by atoms with Gasteiger partial charge in [0.05, 0.1) is 13.2 Å². The number of rotatable bonds is 63. The fraction of sp³-hybridized carbons (Fsp3) is 0.797. The van der Waals surface area contributed by atoms with Crippen molar-refractivity contribution in [3.05, 3.63) is 72.9 Å². The summed E-state index contributed by atoms with van der Waals surface area (Å²) in [6.07, 6.45) is 84.3. The molecule has 10 heteroatoms. The highest BCUT2D eigenvalue weighted by molar-refractivity contribution is 7.47. The van der Waals surface area contributed by atoms with E-state index in [1.807, 2.05) is 0 Å². The maximum Gasteiger partial charge on any atom is 0.472 e. The van der Waals surface area contributed by atoms with Crippen molar-refractivity contribution in [2.45, 2.75) is 328 Å². The Bertz CT molecular complexity index is 1520. The van der Waals surface area contributed by atoms with Crippen molar-refractivity contribution in [2.24, 2.45) is 5.73 Å². The van der Waals surface area contributed by atoms with Gasteiger partial charge in [-0.3, -0.25) is 18.6 Å². The molecular weight excluding hydrogens is 1000 g/mol. The molecule has 0 saturated heterocycles. The van der Waals surface area contributed by atoms with Crippen LogP contribution in [0.5, 0.6) is 0 Å². The first-order valence-corrected chi connectivity index (χ1v) is 34.9. The zero-order valence-corrected chi connectivity index (χ0v) is 52.5. The largest absolute Gasteiger partial charge is 0.472 e. The molecule has 0 bridgehead atoms. The van der Waals surface area contributed by atoms with Crippen LogP contribution >= 0.6 is 7.82 Å². The third-order valence-electron chi connectivity index (χ3n) is 14.6. The zero-order valence-electron chi connectivity index (χ0n) is 51.6. The van der Waals surface area contributed by atoms with E-state index in [0.29, 0.717) is 6.42 Å². The second kappa shape index (κ2) is 64.6. The Morgan fingerprint density at radius 3 is 1.04 bits per heavy atom. The van der Waals surface area contributed by atoms with Gasteiger partial charge < -0.3 is 20.1 Å². The summed E-state index contributed by atoms with van der Waals surface area (Å²) in [5.74, 6) is -0.810. The number of esters is 2. The number of carbonyl (C=O) groups is 2. The van der Waals surface area contributed by atoms with Gasteiger partial charge in [-0.2, -0.15) is 0 Å². The molecule has 0 amide bonds. The van der Waals surface area contributed by atoms with Gasteiger partial charge in [-0.05, 0) is 64.2 Å². The Balaban J connectivity index is 3.78. The maximum absolute atomic E-state index is 12.7. The molecule has 0 radical (unpaired) electrons. The van der Waals surface area contributed by atoms with Crippen molar-refractivity contribution in [2.75, 3.05) is 26.4 Å². The number of allylic oxidation sites excluding steroid dienone is 12. The first kappa shape index (κ1) is 76.5. The Kier molecular flexibility index (Phi) is 62.5. The van der Waals surface area contributed by atoms with Crippen LogP contribution in [0, 0.1) is 0 Å². The highest BCUT2D eigenvalue weighted by Gasteiger charge is 2.26. The lowest BCUT2D eigenvalue weighted by Crippen LogP contribution is -2.29. The number of unbranched alkanes of at least 4 members (excludes halogenated alkanes) is 38. The van der Waals surface area contributed by atoms with E-state index >= 15 is 0 Å². The van der Waals surface area contributed by atoms with Gasteiger partial charge in [-0.25, -0.2) is 4.57 Å². The SMILES string of the molecule is CC/C=C\C/C=C\C/C=C\C/C=C\C/C=C\C/C=C\CCCCCCCCCCCCCCCCCCCCCCCCC(=O)OC(COC(=O)CCCCCCCCCCCCCCCCCCC)COP(=O)(O)OCCN. The molecule has 0 fully saturated rings. The van der Waals surface area contributed by atoms with Crippen LogP contribution in [0.3, 0.4) is 0 Å². The molecule has 0 spiro atoms. The summed E-state index contributed by atoms with van der Waals surface area (Å²) in [4.78, 5) is 35.2. The molecule has 0 aliphatic carbocycles. The third kappa shape index (κ3) is 64.5. The molecule has 0 aromatic rings. The Morgan fingerprint density at radius 1 is 0.392 bits per heavy atom. The van der Waals surface area contributed by atoms with E-state index in [1.165, 1.54) is 218 Å². The van der Waals surface area contributed by atoms with Crippen LogP contribution < -0.4 is 5.73 Å². The Hall–Kier alpha value is -2.55. The van der Waals surface area contributed by atoms with Gasteiger partial charge in [0.15, 0.2) is 6.10 Å². The quantitative estimate of drug-likeness (QED) is 0.0264. The minimum absolute atomic E-state index is 0.0551. The Labute approximate surface area is 488 Å². The number of phosphoric ester groups is 1. The van der Waals surface area contributed by atoms with Crippen molar-refractivity contribution in [3.63, 3.8) is 0 Å². The summed E-state index contributed by atoms with van der Waals surface area (Å²) in [7, 11) is -4.39. The first-order valence-electron chi connectivity index (χ1n) is 33.4. The monoisotopic (exact) mass is 1130 g/mol. The molecule has 460 valence electrons. The van der Waals surface area contributed by atoms with E-state index in [9.17, 15) is 19.0 Å². The van der Waals surface area contributed by atoms with Crippen molar-refractivity contribution < 1.29 is 37.6 Å². The van der Waals surface area contributed by atoms with E-state index in [2.05, 4.69) is 86.8 Å². The highest BCUT2D eigenvalue weighted by Crippen LogP contribution is 2.43. The third-order valence-corrected chi connectivity index (χ3v) is 15.6. The normalized spacial score (nSPS) is 13.4. The number of nitrogens with two attached hydrogens (primary N) is 1. The first-order chi connectivity index (χ1) is 38.8. The number of carbonyl (C=O) groups excluding carboxylic acids is 2. The van der Waals surface area contributed by atoms with Crippen molar-refractivity contribution >= 4 is 19.8 Å². The van der Waals surface area contributed by atoms with Gasteiger partial charge in [-0.15, -0.1) is 0 Å². The minimum Gasteiger partial charge on any atom is -0.462 e. The molecule has 0 aliphatic heterocycles. The van der Waals surface area contributed by atoms with Crippen LogP contribution in [0.25, 0.3) is 0 Å². The zero-order chi connectivity index (χ0) is 57.3. The van der Waals surface area contributed by atoms with Gasteiger partial charge in [-0.1, -0.05) is 318 Å². The van der Waals surface area contributed by atoms with Crippen LogP contribution in [0.1, 0.15) is 322 Å². The molecular formula is C69H126NO8P. The van der Waals surface area contributed by atoms with Crippen LogP contribution in [-0.4, -0.2) is 49.3 Å². The maximum atomic E-state index is 12.7. The van der Waals surface area contributed by atoms with Gasteiger partial charge in [0.25, 0.3) is 0 Å². The second-order valence-electron chi connectivity index (χ2n) is 22.3. The van der Waals surface area contributed by atoms with Crippen LogP contribution in [-0.2, 0) is 32.7 Å². The van der Waals surface area contributed by atoms with E-state index in [0.717, 1.165) is 70.6 Å². The molecule has 0 aromatic heterocycles. The lowest BCUT2D eigenvalue weighted by atomic mass is 10.0. The second-order valence-corrected chi connectivity index (χ2v) is 23.8. The predicted octanol–water partition coefficient (Wildman–Crippen LogP) is 21.6. The molecule has 2 unspecified atom stereocenters. The van der Waals surface area contributed by atoms with Crippen LogP contribution in [0.4, 0.5) is 0 Å². The number of phosphoric acid groups is 1. The number of hydrogen-bond acceptors (Lipinski definition) is 8. The lowest BCUT2D eigenvalue weighted by molar-refractivity contribution is -0.161. The van der Waals surface area contributed by atoms with Crippen molar-refractivity contribution in [1.29, 1.82) is 0 Å². The molecule has 3 N–H and O–H groups in total. The van der Waals surface area contributed by atoms with Crippen LogP contribution in [0.2, 0.25) is 0 Å². The topological polar surface area (TPSA) is 134 Å². The van der Waals surface area contributed by atoms with E-state index in [1.54, 1.807) is 0 Å². The van der Waals surface area contributed by atoms with Crippen molar-refractivity contribution in [1.82, 2.24) is 0 Å². The fourth-order valence-electron chi connectivity index (χ4n) is 9.70. The van der Waals surface area contributed by atoms with E-state index in [4.69, 9.17) is 24.3 Å². The standard InChI is InChI=1S/C69H126NO8P/c1-3-5-7-9-11-13-15-17-19-21-22-23-24-25-26-27-28-29-30-31-32-33-34-35-36-37-38-39-40-41-42-43-44-46-48-50-52-54-56-58-60-62-69(72)78-67(66-77-79(73,74)76-64-63-70)65-75-68(71)61-59-57-55-53-51-49-47-45-20-18-16-14-12-10-8-6-4-2/h5,7,11,13,17,19,22-23,25-26,28-29,67H,3-4,6,8-10,12,14-16,18,20-21,24,27,30-66,70H2,1-2H3,(H,73,74)/b7-5-,13-11-,19-17-,23-22-,26-25-,29-28-. The van der Waals surface area contributed by atoms with Crippen molar-refractivity contribution in [3.8, 4) is 0 Å². The number of ether oxygens (including phenoxy) is 2. The summed E-state index contributed by atoms with van der Waals surface area (Å²) >= 11 is 0. The van der Waals surface area contributed by atoms with Gasteiger partial charge in [0.2, 0.25) is 0 Å². The average Bonchev–Trinajstić information content (AvgIpc) is 3.44. The summed E-state index contributed by atoms with van der Waals surface area (Å²) in [5.41, 5.74) is 5.39. The van der Waals surface area contributed by atoms with Gasteiger partial charge in [0.1, 0.15) is 6.61 Å². The molecule has 0 aromatic carbocycles. The average molecular weight is 1130 g/mol. The fourth-order valence-corrected chi connectivity index (χ4v) is 10.5. The highest BCUT2D eigenvalue weighted by atomic mass is 31.2. The number of hydrogen-bond donors (Lipinski definition) is 2.